The van der Waals surface area contributed by atoms with Crippen LogP contribution in [0.4, 0.5) is 0 Å². The summed E-state index contributed by atoms with van der Waals surface area (Å²) in [6, 6.07) is 19.3. The van der Waals surface area contributed by atoms with Crippen molar-refractivity contribution >= 4 is 23.5 Å². The number of hydrogen-bond acceptors (Lipinski definition) is 8. The van der Waals surface area contributed by atoms with Crippen molar-refractivity contribution in [3.8, 4) is 11.5 Å². The van der Waals surface area contributed by atoms with E-state index in [9.17, 15) is 19.2 Å². The molecule has 0 amide bonds. The number of esters is 2. The maximum Gasteiger partial charge on any atom is 0.330 e. The largest absolute Gasteiger partial charge is 0.494 e. The van der Waals surface area contributed by atoms with Crippen LogP contribution in [-0.2, 0) is 19.1 Å². The number of unbranched alkanes of at least 4 members (excludes halogenated alkanes) is 6. The van der Waals surface area contributed by atoms with E-state index in [1.807, 2.05) is 6.92 Å². The summed E-state index contributed by atoms with van der Waals surface area (Å²) < 4.78 is 21.5. The molecule has 0 aliphatic rings. The molecule has 0 atom stereocenters. The lowest BCUT2D eigenvalue weighted by Crippen LogP contribution is -2.07. The molecule has 0 heterocycles. The van der Waals surface area contributed by atoms with Gasteiger partial charge in [-0.1, -0.05) is 25.3 Å². The van der Waals surface area contributed by atoms with Gasteiger partial charge in [-0.15, -0.1) is 0 Å². The van der Waals surface area contributed by atoms with Crippen molar-refractivity contribution in [2.75, 3.05) is 26.4 Å². The summed E-state index contributed by atoms with van der Waals surface area (Å²) in [4.78, 5) is 48.4. The van der Waals surface area contributed by atoms with Crippen LogP contribution in [0.5, 0.6) is 11.5 Å². The van der Waals surface area contributed by atoms with Gasteiger partial charge in [-0.3, -0.25) is 9.59 Å². The lowest BCUT2D eigenvalue weighted by Gasteiger charge is -2.10. The second kappa shape index (κ2) is 20.2. The van der Waals surface area contributed by atoms with Crippen LogP contribution in [0.2, 0.25) is 0 Å². The standard InChI is InChI=1S/C39H44O8/c1-4-36(40)46-26-12-8-6-10-24-44-33-19-14-30(15-20-33)38(42)32-18-23-35(29(3)28-32)39(43)31-16-21-34(22-17-31)45-25-11-7-9-13-27-47-37(41)5-2/h4-5,14-23,28H,1-2,6-13,24-27H2,3H3. The molecule has 0 spiro atoms. The Balaban J connectivity index is 1.41. The van der Waals surface area contributed by atoms with E-state index in [1.54, 1.807) is 66.7 Å². The quantitative estimate of drug-likeness (QED) is 0.0474. The van der Waals surface area contributed by atoms with E-state index in [0.717, 1.165) is 69.1 Å². The number of ketones is 2. The van der Waals surface area contributed by atoms with E-state index in [-0.39, 0.29) is 11.6 Å². The summed E-state index contributed by atoms with van der Waals surface area (Å²) in [7, 11) is 0. The topological polar surface area (TPSA) is 105 Å². The van der Waals surface area contributed by atoms with Gasteiger partial charge in [0.15, 0.2) is 11.6 Å². The molecule has 0 saturated heterocycles. The highest BCUT2D eigenvalue weighted by atomic mass is 16.5. The van der Waals surface area contributed by atoms with Crippen molar-refractivity contribution in [3.05, 3.63) is 120 Å². The summed E-state index contributed by atoms with van der Waals surface area (Å²) in [5.41, 5.74) is 2.84. The Morgan fingerprint density at radius 3 is 1.36 bits per heavy atom. The van der Waals surface area contributed by atoms with Gasteiger partial charge in [-0.2, -0.15) is 0 Å². The molecule has 0 unspecified atom stereocenters. The Kier molecular flexibility index (Phi) is 15.7. The van der Waals surface area contributed by atoms with Crippen LogP contribution in [0.3, 0.4) is 0 Å². The zero-order chi connectivity index (χ0) is 33.9. The molecule has 0 aliphatic carbocycles. The third kappa shape index (κ3) is 12.7. The van der Waals surface area contributed by atoms with Gasteiger partial charge >= 0.3 is 11.9 Å². The van der Waals surface area contributed by atoms with Gasteiger partial charge in [-0.25, -0.2) is 9.59 Å². The Bertz CT molecular complexity index is 1490. The predicted octanol–water partition coefficient (Wildman–Crippen LogP) is 7.79. The first-order valence-corrected chi connectivity index (χ1v) is 16.1. The normalized spacial score (nSPS) is 10.5. The number of hydrogen-bond donors (Lipinski definition) is 0. The van der Waals surface area contributed by atoms with Crippen molar-refractivity contribution in [1.29, 1.82) is 0 Å². The number of carbonyl (C=O) groups excluding carboxylic acids is 4. The van der Waals surface area contributed by atoms with Crippen molar-refractivity contribution in [3.63, 3.8) is 0 Å². The Labute approximate surface area is 277 Å². The van der Waals surface area contributed by atoms with Crippen LogP contribution in [0, 0.1) is 6.92 Å². The van der Waals surface area contributed by atoms with Crippen LogP contribution < -0.4 is 9.47 Å². The smallest absolute Gasteiger partial charge is 0.330 e. The molecule has 3 aromatic rings. The maximum absolute atomic E-state index is 13.2. The fourth-order valence-electron chi connectivity index (χ4n) is 4.75. The third-order valence-electron chi connectivity index (χ3n) is 7.40. The summed E-state index contributed by atoms with van der Waals surface area (Å²) in [5, 5.41) is 0. The molecule has 0 fully saturated rings. The summed E-state index contributed by atoms with van der Waals surface area (Å²) in [5.74, 6) is 0.332. The third-order valence-corrected chi connectivity index (χ3v) is 7.40. The molecule has 0 saturated carbocycles. The summed E-state index contributed by atoms with van der Waals surface area (Å²) >= 11 is 0. The minimum absolute atomic E-state index is 0.122. The van der Waals surface area contributed by atoms with Gasteiger partial charge in [0.25, 0.3) is 0 Å². The zero-order valence-corrected chi connectivity index (χ0v) is 27.2. The molecule has 8 nitrogen and oxygen atoms in total. The predicted molar refractivity (Wildman–Crippen MR) is 181 cm³/mol. The van der Waals surface area contributed by atoms with Crippen molar-refractivity contribution in [2.24, 2.45) is 0 Å². The molecule has 0 aliphatic heterocycles. The highest BCUT2D eigenvalue weighted by Gasteiger charge is 2.16. The van der Waals surface area contributed by atoms with Gasteiger partial charge in [-0.05, 0) is 118 Å². The van der Waals surface area contributed by atoms with Gasteiger partial charge in [0.05, 0.1) is 26.4 Å². The molecule has 248 valence electrons. The lowest BCUT2D eigenvalue weighted by molar-refractivity contribution is -0.138. The van der Waals surface area contributed by atoms with Crippen LogP contribution in [-0.4, -0.2) is 49.9 Å². The molecule has 0 radical (unpaired) electrons. The molecule has 3 rings (SSSR count). The average molecular weight is 641 g/mol. The molecule has 0 aromatic heterocycles. The molecule has 0 bridgehead atoms. The number of ether oxygens (including phenoxy) is 4. The average Bonchev–Trinajstić information content (AvgIpc) is 3.10. The molecule has 0 N–H and O–H groups in total. The Hall–Kier alpha value is -4.98. The fraction of sp³-hybridized carbons (Fsp3) is 0.333. The lowest BCUT2D eigenvalue weighted by atomic mass is 9.94. The van der Waals surface area contributed by atoms with Crippen LogP contribution in [0.25, 0.3) is 0 Å². The fourth-order valence-corrected chi connectivity index (χ4v) is 4.75. The van der Waals surface area contributed by atoms with Crippen molar-refractivity contribution in [1.82, 2.24) is 0 Å². The first-order valence-electron chi connectivity index (χ1n) is 16.1. The highest BCUT2D eigenvalue weighted by molar-refractivity contribution is 6.12. The highest BCUT2D eigenvalue weighted by Crippen LogP contribution is 2.22. The second-order valence-electron chi connectivity index (χ2n) is 11.0. The van der Waals surface area contributed by atoms with Gasteiger partial charge < -0.3 is 18.9 Å². The van der Waals surface area contributed by atoms with Gasteiger partial charge in [0.1, 0.15) is 11.5 Å². The van der Waals surface area contributed by atoms with Crippen LogP contribution >= 0.6 is 0 Å². The van der Waals surface area contributed by atoms with E-state index in [4.69, 9.17) is 18.9 Å². The first kappa shape index (κ1) is 36.5. The van der Waals surface area contributed by atoms with Gasteiger partial charge in [0, 0.05) is 34.4 Å². The summed E-state index contributed by atoms with van der Waals surface area (Å²) in [6.45, 7) is 10.5. The van der Waals surface area contributed by atoms with Crippen LogP contribution in [0.15, 0.2) is 92.0 Å². The molecule has 47 heavy (non-hydrogen) atoms. The number of benzene rings is 3. The van der Waals surface area contributed by atoms with Crippen molar-refractivity contribution in [2.45, 2.75) is 58.3 Å². The SMILES string of the molecule is C=CC(=O)OCCCCCCOc1ccc(C(=O)c2ccc(C(=O)c3ccc(OCCCCCCOC(=O)C=C)cc3)c(C)c2)cc1. The second-order valence-corrected chi connectivity index (χ2v) is 11.0. The number of rotatable bonds is 22. The maximum atomic E-state index is 13.2. The molecule has 3 aromatic carbocycles. The first-order chi connectivity index (χ1) is 22.8. The Morgan fingerprint density at radius 1 is 0.532 bits per heavy atom. The molecule has 8 heteroatoms. The molecular formula is C39H44O8. The van der Waals surface area contributed by atoms with Gasteiger partial charge in [0.2, 0.25) is 0 Å². The van der Waals surface area contributed by atoms with E-state index in [2.05, 4.69) is 13.2 Å². The Morgan fingerprint density at radius 2 is 0.936 bits per heavy atom. The van der Waals surface area contributed by atoms with E-state index >= 15 is 0 Å². The summed E-state index contributed by atoms with van der Waals surface area (Å²) in [6.07, 6.45) is 9.47. The van der Waals surface area contributed by atoms with E-state index in [1.165, 1.54) is 0 Å². The zero-order valence-electron chi connectivity index (χ0n) is 27.2. The minimum atomic E-state index is -0.398. The monoisotopic (exact) mass is 640 g/mol. The molecular weight excluding hydrogens is 596 g/mol. The van der Waals surface area contributed by atoms with Crippen molar-refractivity contribution < 1.29 is 38.1 Å². The van der Waals surface area contributed by atoms with E-state index < -0.39 is 11.9 Å². The number of carbonyl (C=O) groups is 4. The van der Waals surface area contributed by atoms with Crippen LogP contribution in [0.1, 0.15) is 88.8 Å². The minimum Gasteiger partial charge on any atom is -0.494 e. The number of aryl methyl sites for hydroxylation is 1. The van der Waals surface area contributed by atoms with E-state index in [0.29, 0.717) is 60.2 Å².